The molecule has 2 heterocycles. The summed E-state index contributed by atoms with van der Waals surface area (Å²) in [4.78, 5) is 36.5. The highest BCUT2D eigenvalue weighted by Crippen LogP contribution is 2.38. The fourth-order valence-corrected chi connectivity index (χ4v) is 3.69. The zero-order valence-corrected chi connectivity index (χ0v) is 14.9. The number of rotatable bonds is 6. The summed E-state index contributed by atoms with van der Waals surface area (Å²) in [5, 5.41) is 0. The molecule has 1 fully saturated rings. The lowest BCUT2D eigenvalue weighted by molar-refractivity contribution is -0.147. The Balaban J connectivity index is 1.59. The van der Waals surface area contributed by atoms with Crippen molar-refractivity contribution in [1.29, 1.82) is 0 Å². The molecule has 3 aliphatic rings. The molecule has 0 spiro atoms. The highest BCUT2D eigenvalue weighted by molar-refractivity contribution is 6.23. The van der Waals surface area contributed by atoms with Gasteiger partial charge in [0.2, 0.25) is 0 Å². The van der Waals surface area contributed by atoms with Crippen LogP contribution in [0.4, 0.5) is 4.39 Å². The predicted molar refractivity (Wildman–Crippen MR) is 91.9 cm³/mol. The number of amides is 2. The van der Waals surface area contributed by atoms with Gasteiger partial charge in [-0.2, -0.15) is 0 Å². The van der Waals surface area contributed by atoms with Crippen LogP contribution in [-0.4, -0.2) is 34.3 Å². The Kier molecular flexibility index (Phi) is 4.26. The van der Waals surface area contributed by atoms with Crippen LogP contribution in [0.15, 0.2) is 12.3 Å². The van der Waals surface area contributed by atoms with E-state index in [4.69, 9.17) is 4.84 Å². The van der Waals surface area contributed by atoms with Crippen LogP contribution in [0, 0.1) is 17.7 Å². The molecule has 138 valence electrons. The van der Waals surface area contributed by atoms with Crippen molar-refractivity contribution in [2.45, 2.75) is 45.7 Å². The predicted octanol–water partition coefficient (Wildman–Crippen LogP) is 1.98. The molecule has 7 heteroatoms. The number of carbonyl (C=O) groups is 2. The van der Waals surface area contributed by atoms with Crippen LogP contribution in [0.2, 0.25) is 0 Å². The van der Waals surface area contributed by atoms with E-state index in [2.05, 4.69) is 10.5 Å². The molecule has 1 saturated carbocycles. The molecule has 6 nitrogen and oxygen atoms in total. The molecule has 0 unspecified atom stereocenters. The Morgan fingerprint density at radius 3 is 2.92 bits per heavy atom. The molecule has 1 N–H and O–H groups in total. The van der Waals surface area contributed by atoms with Crippen molar-refractivity contribution in [3.63, 3.8) is 0 Å². The van der Waals surface area contributed by atoms with Crippen molar-refractivity contribution in [2.75, 3.05) is 6.61 Å². The van der Waals surface area contributed by atoms with E-state index in [9.17, 15) is 14.0 Å². The number of aromatic nitrogens is 1. The van der Waals surface area contributed by atoms with Gasteiger partial charge in [0.15, 0.2) is 0 Å². The molecule has 1 aromatic rings. The van der Waals surface area contributed by atoms with Crippen LogP contribution in [-0.2, 0) is 27.4 Å². The van der Waals surface area contributed by atoms with E-state index < -0.39 is 11.9 Å². The van der Waals surface area contributed by atoms with Gasteiger partial charge in [0, 0.05) is 23.1 Å². The van der Waals surface area contributed by atoms with Gasteiger partial charge in [-0.3, -0.25) is 19.4 Å². The molecule has 1 aromatic heterocycles. The highest BCUT2D eigenvalue weighted by Gasteiger charge is 2.41. The van der Waals surface area contributed by atoms with Gasteiger partial charge in [-0.25, -0.2) is 9.87 Å². The number of nitrogens with zero attached hydrogens (tertiary/aromatic N) is 2. The van der Waals surface area contributed by atoms with Crippen LogP contribution in [0.5, 0.6) is 0 Å². The normalized spacial score (nSPS) is 19.5. The first-order chi connectivity index (χ1) is 12.5. The second kappa shape index (κ2) is 6.46. The van der Waals surface area contributed by atoms with Crippen LogP contribution in [0.3, 0.4) is 0 Å². The summed E-state index contributed by atoms with van der Waals surface area (Å²) in [5.41, 5.74) is 4.70. The summed E-state index contributed by atoms with van der Waals surface area (Å²) >= 11 is 0. The standard InChI is InChI=1S/C19H22FN3O3/c1-10(2)17(18(24)22-26-9-11-3-4-11)23-8-13-14(20)7-21-15-6-5-12(16(13)15)19(23)25/h5,7,10-11,17H,3-4,6,8-9H2,1-2H3,(H,22,24)/t17-/m1/s1. The minimum atomic E-state index is -0.729. The number of halogens is 1. The molecule has 1 atom stereocenters. The highest BCUT2D eigenvalue weighted by atomic mass is 19.1. The molecule has 0 aromatic carbocycles. The smallest absolute Gasteiger partial charge is 0.266 e. The molecule has 26 heavy (non-hydrogen) atoms. The fraction of sp³-hybridized carbons (Fsp3) is 0.526. The van der Waals surface area contributed by atoms with Gasteiger partial charge < -0.3 is 4.90 Å². The Bertz CT molecular complexity index is 801. The Morgan fingerprint density at radius 1 is 1.46 bits per heavy atom. The molecule has 1 aliphatic heterocycles. The van der Waals surface area contributed by atoms with Gasteiger partial charge in [-0.15, -0.1) is 0 Å². The van der Waals surface area contributed by atoms with E-state index in [0.29, 0.717) is 35.6 Å². The third kappa shape index (κ3) is 2.90. The lowest BCUT2D eigenvalue weighted by Gasteiger charge is -2.37. The summed E-state index contributed by atoms with van der Waals surface area (Å²) in [6.45, 7) is 4.28. The average Bonchev–Trinajstić information content (AvgIpc) is 3.31. The van der Waals surface area contributed by atoms with Crippen LogP contribution >= 0.6 is 0 Å². The minimum Gasteiger partial charge on any atom is -0.322 e. The number of hydrogen-bond acceptors (Lipinski definition) is 4. The van der Waals surface area contributed by atoms with Crippen LogP contribution in [0.1, 0.15) is 43.5 Å². The SMILES string of the molecule is CC(C)[C@H](C(=O)NOCC1CC1)N1Cc2c(F)cnc3c2C(=CC3)C1=O. The Labute approximate surface area is 151 Å². The number of allylic oxidation sites excluding steroid dienone is 1. The van der Waals surface area contributed by atoms with Gasteiger partial charge in [0.1, 0.15) is 11.9 Å². The van der Waals surface area contributed by atoms with E-state index in [1.807, 2.05) is 13.8 Å². The lowest BCUT2D eigenvalue weighted by Crippen LogP contribution is -2.53. The van der Waals surface area contributed by atoms with Crippen molar-refractivity contribution >= 4 is 17.4 Å². The molecule has 0 radical (unpaired) electrons. The molecule has 0 bridgehead atoms. The summed E-state index contributed by atoms with van der Waals surface area (Å²) in [6, 6.07) is -0.729. The third-order valence-electron chi connectivity index (χ3n) is 5.23. The number of pyridine rings is 1. The third-order valence-corrected chi connectivity index (χ3v) is 5.23. The molecule has 4 rings (SSSR count). The topological polar surface area (TPSA) is 71.5 Å². The number of hydrogen-bond donors (Lipinski definition) is 1. The minimum absolute atomic E-state index is 0.0613. The van der Waals surface area contributed by atoms with Crippen molar-refractivity contribution in [3.05, 3.63) is 34.9 Å². The van der Waals surface area contributed by atoms with E-state index in [1.54, 1.807) is 6.08 Å². The first kappa shape index (κ1) is 17.1. The van der Waals surface area contributed by atoms with Gasteiger partial charge >= 0.3 is 0 Å². The Morgan fingerprint density at radius 2 is 2.23 bits per heavy atom. The summed E-state index contributed by atoms with van der Waals surface area (Å²) in [6.07, 6.45) is 5.72. The summed E-state index contributed by atoms with van der Waals surface area (Å²) in [7, 11) is 0. The molecular weight excluding hydrogens is 337 g/mol. The monoisotopic (exact) mass is 359 g/mol. The average molecular weight is 359 g/mol. The fourth-order valence-electron chi connectivity index (χ4n) is 3.69. The maximum atomic E-state index is 14.4. The van der Waals surface area contributed by atoms with Crippen molar-refractivity contribution in [2.24, 2.45) is 11.8 Å². The van der Waals surface area contributed by atoms with Crippen molar-refractivity contribution in [1.82, 2.24) is 15.4 Å². The van der Waals surface area contributed by atoms with Gasteiger partial charge in [-0.1, -0.05) is 19.9 Å². The Hall–Kier alpha value is -2.28. The molecule has 2 amide bonds. The number of nitrogens with one attached hydrogen (secondary N) is 1. The summed E-state index contributed by atoms with van der Waals surface area (Å²) in [5.74, 6) is -0.691. The van der Waals surface area contributed by atoms with Gasteiger partial charge in [-0.05, 0) is 24.7 Å². The van der Waals surface area contributed by atoms with Crippen molar-refractivity contribution < 1.29 is 18.8 Å². The first-order valence-electron chi connectivity index (χ1n) is 9.06. The van der Waals surface area contributed by atoms with Gasteiger partial charge in [0.25, 0.3) is 11.8 Å². The largest absolute Gasteiger partial charge is 0.322 e. The number of hydroxylamine groups is 1. The van der Waals surface area contributed by atoms with Crippen molar-refractivity contribution in [3.8, 4) is 0 Å². The van der Waals surface area contributed by atoms with E-state index in [-0.39, 0.29) is 24.3 Å². The number of carbonyl (C=O) groups excluding carboxylic acids is 2. The molecule has 0 saturated heterocycles. The lowest BCUT2D eigenvalue weighted by atomic mass is 9.92. The van der Waals surface area contributed by atoms with E-state index in [1.165, 1.54) is 11.1 Å². The zero-order chi connectivity index (χ0) is 18.4. The van der Waals surface area contributed by atoms with E-state index >= 15 is 0 Å². The first-order valence-corrected chi connectivity index (χ1v) is 9.06. The molecular formula is C19H22FN3O3. The maximum Gasteiger partial charge on any atom is 0.266 e. The quantitative estimate of drug-likeness (QED) is 0.789. The van der Waals surface area contributed by atoms with Crippen LogP contribution < -0.4 is 5.48 Å². The van der Waals surface area contributed by atoms with E-state index in [0.717, 1.165) is 18.5 Å². The second-order valence-corrected chi connectivity index (χ2v) is 7.57. The molecule has 2 aliphatic carbocycles. The summed E-state index contributed by atoms with van der Waals surface area (Å²) < 4.78 is 14.4. The van der Waals surface area contributed by atoms with Gasteiger partial charge in [0.05, 0.1) is 25.0 Å². The second-order valence-electron chi connectivity index (χ2n) is 7.57. The zero-order valence-electron chi connectivity index (χ0n) is 14.9. The van der Waals surface area contributed by atoms with Crippen LogP contribution in [0.25, 0.3) is 5.57 Å². The maximum absolute atomic E-state index is 14.4.